The zero-order valence-electron chi connectivity index (χ0n) is 10.7. The normalized spacial score (nSPS) is 19.6. The first-order chi connectivity index (χ1) is 8.09. The van der Waals surface area contributed by atoms with Crippen LogP contribution in [-0.2, 0) is 0 Å². The Morgan fingerprint density at radius 3 is 2.94 bits per heavy atom. The van der Waals surface area contributed by atoms with E-state index < -0.39 is 0 Å². The standard InChI is InChI=1S/C14H21NOS/c1-14(2)8-5-10-15(14)9-3-6-12(16)13-7-4-11-17-13/h4,7,11H,3,5-6,8-10H2,1-2H3. The van der Waals surface area contributed by atoms with Crippen LogP contribution in [-0.4, -0.2) is 29.3 Å². The highest BCUT2D eigenvalue weighted by atomic mass is 32.1. The Morgan fingerprint density at radius 1 is 1.53 bits per heavy atom. The van der Waals surface area contributed by atoms with Crippen LogP contribution in [0.4, 0.5) is 0 Å². The summed E-state index contributed by atoms with van der Waals surface area (Å²) in [4.78, 5) is 15.3. The zero-order chi connectivity index (χ0) is 12.3. The minimum Gasteiger partial charge on any atom is -0.298 e. The van der Waals surface area contributed by atoms with Gasteiger partial charge < -0.3 is 0 Å². The van der Waals surface area contributed by atoms with E-state index in [0.717, 1.165) is 17.8 Å². The van der Waals surface area contributed by atoms with Gasteiger partial charge in [0, 0.05) is 12.0 Å². The lowest BCUT2D eigenvalue weighted by atomic mass is 10.0. The summed E-state index contributed by atoms with van der Waals surface area (Å²) in [5.41, 5.74) is 0.339. The van der Waals surface area contributed by atoms with E-state index >= 15 is 0 Å². The zero-order valence-corrected chi connectivity index (χ0v) is 11.6. The number of carbonyl (C=O) groups is 1. The number of carbonyl (C=O) groups excluding carboxylic acids is 1. The summed E-state index contributed by atoms with van der Waals surface area (Å²) in [5.74, 6) is 0.303. The fraction of sp³-hybridized carbons (Fsp3) is 0.643. The van der Waals surface area contributed by atoms with Crippen molar-refractivity contribution in [3.8, 4) is 0 Å². The Morgan fingerprint density at radius 2 is 2.35 bits per heavy atom. The van der Waals surface area contributed by atoms with Crippen molar-refractivity contribution in [1.29, 1.82) is 0 Å². The Labute approximate surface area is 108 Å². The molecule has 2 rings (SSSR count). The molecule has 1 aliphatic rings. The molecular formula is C14H21NOS. The molecule has 0 saturated carbocycles. The van der Waals surface area contributed by atoms with E-state index in [4.69, 9.17) is 0 Å². The summed E-state index contributed by atoms with van der Waals surface area (Å²) < 4.78 is 0. The monoisotopic (exact) mass is 251 g/mol. The van der Waals surface area contributed by atoms with E-state index in [1.165, 1.54) is 19.4 Å². The fourth-order valence-electron chi connectivity index (χ4n) is 2.57. The van der Waals surface area contributed by atoms with Crippen molar-refractivity contribution in [2.75, 3.05) is 13.1 Å². The van der Waals surface area contributed by atoms with Gasteiger partial charge in [-0.2, -0.15) is 0 Å². The molecule has 0 N–H and O–H groups in total. The van der Waals surface area contributed by atoms with Gasteiger partial charge in [0.15, 0.2) is 5.78 Å². The maximum absolute atomic E-state index is 11.8. The third-order valence-electron chi connectivity index (χ3n) is 3.70. The second kappa shape index (κ2) is 5.32. The molecule has 0 unspecified atom stereocenters. The van der Waals surface area contributed by atoms with E-state index in [0.29, 0.717) is 17.7 Å². The molecule has 0 aliphatic carbocycles. The minimum absolute atomic E-state index is 0.303. The summed E-state index contributed by atoms with van der Waals surface area (Å²) in [6.45, 7) is 6.87. The molecule has 1 aliphatic heterocycles. The lowest BCUT2D eigenvalue weighted by Gasteiger charge is -2.31. The van der Waals surface area contributed by atoms with Gasteiger partial charge in [0.25, 0.3) is 0 Å². The summed E-state index contributed by atoms with van der Waals surface area (Å²) in [6, 6.07) is 3.87. The molecule has 1 aromatic rings. The quantitative estimate of drug-likeness (QED) is 0.745. The molecule has 94 valence electrons. The Bertz CT molecular complexity index is 370. The molecule has 3 heteroatoms. The van der Waals surface area contributed by atoms with Gasteiger partial charge in [-0.1, -0.05) is 6.07 Å². The molecule has 0 bridgehead atoms. The second-order valence-corrected chi connectivity index (χ2v) is 6.35. The van der Waals surface area contributed by atoms with Crippen molar-refractivity contribution in [3.63, 3.8) is 0 Å². The highest BCUT2D eigenvalue weighted by molar-refractivity contribution is 7.12. The highest BCUT2D eigenvalue weighted by Gasteiger charge is 2.31. The van der Waals surface area contributed by atoms with Gasteiger partial charge >= 0.3 is 0 Å². The van der Waals surface area contributed by atoms with Crippen molar-refractivity contribution in [3.05, 3.63) is 22.4 Å². The van der Waals surface area contributed by atoms with Gasteiger partial charge in [-0.3, -0.25) is 9.69 Å². The Balaban J connectivity index is 1.75. The largest absolute Gasteiger partial charge is 0.298 e. The van der Waals surface area contributed by atoms with Gasteiger partial charge in [-0.05, 0) is 57.6 Å². The maximum Gasteiger partial charge on any atom is 0.172 e. The minimum atomic E-state index is 0.303. The number of likely N-dealkylation sites (tertiary alicyclic amines) is 1. The van der Waals surface area contributed by atoms with Crippen LogP contribution in [0.1, 0.15) is 49.2 Å². The van der Waals surface area contributed by atoms with E-state index in [1.807, 2.05) is 17.5 Å². The van der Waals surface area contributed by atoms with Gasteiger partial charge in [-0.15, -0.1) is 11.3 Å². The lowest BCUT2D eigenvalue weighted by molar-refractivity contribution is 0.0970. The number of ketones is 1. The van der Waals surface area contributed by atoms with Crippen LogP contribution in [0.3, 0.4) is 0 Å². The van der Waals surface area contributed by atoms with Gasteiger partial charge in [-0.25, -0.2) is 0 Å². The number of hydrogen-bond donors (Lipinski definition) is 0. The van der Waals surface area contributed by atoms with Crippen LogP contribution in [0, 0.1) is 0 Å². The number of thiophene rings is 1. The molecule has 0 amide bonds. The van der Waals surface area contributed by atoms with Crippen LogP contribution in [0.15, 0.2) is 17.5 Å². The third-order valence-corrected chi connectivity index (χ3v) is 4.61. The van der Waals surface area contributed by atoms with Crippen LogP contribution in [0.25, 0.3) is 0 Å². The first-order valence-corrected chi connectivity index (χ1v) is 7.29. The van der Waals surface area contributed by atoms with Crippen LogP contribution < -0.4 is 0 Å². The number of rotatable bonds is 5. The summed E-state index contributed by atoms with van der Waals surface area (Å²) in [7, 11) is 0. The maximum atomic E-state index is 11.8. The summed E-state index contributed by atoms with van der Waals surface area (Å²) in [5, 5.41) is 1.97. The van der Waals surface area contributed by atoms with Crippen molar-refractivity contribution in [2.24, 2.45) is 0 Å². The van der Waals surface area contributed by atoms with Gasteiger partial charge in [0.1, 0.15) is 0 Å². The van der Waals surface area contributed by atoms with Crippen LogP contribution in [0.2, 0.25) is 0 Å². The van der Waals surface area contributed by atoms with Crippen LogP contribution in [0.5, 0.6) is 0 Å². The van der Waals surface area contributed by atoms with E-state index in [2.05, 4.69) is 18.7 Å². The van der Waals surface area contributed by atoms with Gasteiger partial charge in [0.2, 0.25) is 0 Å². The molecule has 1 aromatic heterocycles. The first kappa shape index (κ1) is 12.8. The predicted molar refractivity (Wildman–Crippen MR) is 72.8 cm³/mol. The Kier molecular flexibility index (Phi) is 4.00. The smallest absolute Gasteiger partial charge is 0.172 e. The molecule has 0 aromatic carbocycles. The van der Waals surface area contributed by atoms with Crippen molar-refractivity contribution < 1.29 is 4.79 Å². The average molecular weight is 251 g/mol. The third kappa shape index (κ3) is 3.17. The summed E-state index contributed by atoms with van der Waals surface area (Å²) in [6.07, 6.45) is 4.25. The molecule has 1 fully saturated rings. The number of Topliss-reactive ketones (excluding diaryl/α,β-unsaturated/α-hetero) is 1. The fourth-order valence-corrected chi connectivity index (χ4v) is 3.26. The highest BCUT2D eigenvalue weighted by Crippen LogP contribution is 2.28. The summed E-state index contributed by atoms with van der Waals surface area (Å²) >= 11 is 1.55. The molecule has 0 radical (unpaired) electrons. The molecule has 1 saturated heterocycles. The molecule has 17 heavy (non-hydrogen) atoms. The van der Waals surface area contributed by atoms with Crippen LogP contribution >= 0.6 is 11.3 Å². The lowest BCUT2D eigenvalue weighted by Crippen LogP contribution is -2.38. The number of hydrogen-bond acceptors (Lipinski definition) is 3. The molecular weight excluding hydrogens is 230 g/mol. The molecule has 2 nitrogen and oxygen atoms in total. The molecule has 0 spiro atoms. The SMILES string of the molecule is CC1(C)CCCN1CCCC(=O)c1cccs1. The topological polar surface area (TPSA) is 20.3 Å². The average Bonchev–Trinajstić information content (AvgIpc) is 2.88. The number of nitrogens with zero attached hydrogens (tertiary/aromatic N) is 1. The predicted octanol–water partition coefficient (Wildman–Crippen LogP) is 3.59. The van der Waals surface area contributed by atoms with E-state index in [-0.39, 0.29) is 0 Å². The van der Waals surface area contributed by atoms with Crippen molar-refractivity contribution >= 4 is 17.1 Å². The molecule has 2 heterocycles. The van der Waals surface area contributed by atoms with Gasteiger partial charge in [0.05, 0.1) is 4.88 Å². The van der Waals surface area contributed by atoms with Crippen molar-refractivity contribution in [1.82, 2.24) is 4.90 Å². The van der Waals surface area contributed by atoms with E-state index in [9.17, 15) is 4.79 Å². The second-order valence-electron chi connectivity index (χ2n) is 5.41. The Hall–Kier alpha value is -0.670. The molecule has 0 atom stereocenters. The first-order valence-electron chi connectivity index (χ1n) is 6.41. The van der Waals surface area contributed by atoms with Crippen molar-refractivity contribution in [2.45, 2.75) is 45.1 Å². The van der Waals surface area contributed by atoms with E-state index in [1.54, 1.807) is 11.3 Å².